The first-order valence-corrected chi connectivity index (χ1v) is 10.0. The summed E-state index contributed by atoms with van der Waals surface area (Å²) in [5, 5.41) is 9.84. The Hall–Kier alpha value is -2.50. The topological polar surface area (TPSA) is 68.9 Å². The monoisotopic (exact) mass is 418 g/mol. The summed E-state index contributed by atoms with van der Waals surface area (Å²) in [4.78, 5) is 12.2. The molecule has 29 heavy (non-hydrogen) atoms. The zero-order valence-electron chi connectivity index (χ0n) is 16.7. The molecule has 1 N–H and O–H groups in total. The number of halogens is 1. The van der Waals surface area contributed by atoms with Crippen LogP contribution in [0.25, 0.3) is 6.08 Å². The Balaban J connectivity index is 1.78. The van der Waals surface area contributed by atoms with Gasteiger partial charge in [-0.25, -0.2) is 0 Å². The molecule has 2 aromatic rings. The van der Waals surface area contributed by atoms with Crippen molar-refractivity contribution in [1.82, 2.24) is 0 Å². The summed E-state index contributed by atoms with van der Waals surface area (Å²) in [6, 6.07) is 6.83. The van der Waals surface area contributed by atoms with Crippen molar-refractivity contribution in [3.63, 3.8) is 0 Å². The Kier molecular flexibility index (Phi) is 9.54. The first-order chi connectivity index (χ1) is 14.1. The van der Waals surface area contributed by atoms with Gasteiger partial charge in [0.1, 0.15) is 18.1 Å². The van der Waals surface area contributed by atoms with Gasteiger partial charge in [-0.05, 0) is 62.4 Å². The maximum absolute atomic E-state index is 12.2. The fourth-order valence-electron chi connectivity index (χ4n) is 2.77. The molecule has 0 amide bonds. The van der Waals surface area contributed by atoms with Crippen molar-refractivity contribution in [2.45, 2.75) is 39.2 Å². The fraction of sp³-hybridized carbons (Fsp3) is 0.348. The maximum atomic E-state index is 12.2. The van der Waals surface area contributed by atoms with Crippen LogP contribution in [-0.4, -0.2) is 18.3 Å². The average Bonchev–Trinajstić information content (AvgIpc) is 2.70. The quantitative estimate of drug-likeness (QED) is 0.380. The molecular weight excluding hydrogens is 392 g/mol. The second-order valence-electron chi connectivity index (χ2n) is 6.43. The third-order valence-corrected chi connectivity index (χ3v) is 4.37. The van der Waals surface area contributed by atoms with E-state index in [4.69, 9.17) is 30.6 Å². The highest BCUT2D eigenvalue weighted by atomic mass is 35.5. The molecule has 0 aliphatic carbocycles. The number of hydrogen-bond acceptors (Lipinski definition) is 5. The fourth-order valence-corrected chi connectivity index (χ4v) is 2.97. The van der Waals surface area contributed by atoms with Crippen LogP contribution in [0.5, 0.6) is 11.5 Å². The summed E-state index contributed by atoms with van der Waals surface area (Å²) in [6.45, 7) is 6.23. The Morgan fingerprint density at radius 2 is 1.93 bits per heavy atom. The van der Waals surface area contributed by atoms with Crippen LogP contribution < -0.4 is 14.9 Å². The van der Waals surface area contributed by atoms with E-state index in [1.165, 1.54) is 6.07 Å². The minimum Gasteiger partial charge on any atom is -0.493 e. The van der Waals surface area contributed by atoms with E-state index in [9.17, 15) is 4.79 Å². The lowest BCUT2D eigenvalue weighted by molar-refractivity contribution is 0.234. The van der Waals surface area contributed by atoms with Gasteiger partial charge >= 0.3 is 0 Å². The molecular formula is C23H27ClO5. The van der Waals surface area contributed by atoms with Gasteiger partial charge in [-0.2, -0.15) is 0 Å². The lowest BCUT2D eigenvalue weighted by Crippen LogP contribution is -2.11. The highest BCUT2D eigenvalue weighted by molar-refractivity contribution is 6.30. The van der Waals surface area contributed by atoms with Crippen LogP contribution in [0.1, 0.15) is 43.3 Å². The van der Waals surface area contributed by atoms with Crippen LogP contribution >= 0.6 is 11.6 Å². The second-order valence-corrected chi connectivity index (χ2v) is 6.87. The summed E-state index contributed by atoms with van der Waals surface area (Å²) in [7, 11) is 0. The Morgan fingerprint density at radius 1 is 1.17 bits per heavy atom. The van der Waals surface area contributed by atoms with Gasteiger partial charge in [0.25, 0.3) is 0 Å². The van der Waals surface area contributed by atoms with E-state index in [0.29, 0.717) is 30.4 Å². The lowest BCUT2D eigenvalue weighted by atomic mass is 10.1. The van der Waals surface area contributed by atoms with E-state index in [0.717, 1.165) is 30.6 Å². The zero-order valence-corrected chi connectivity index (χ0v) is 17.4. The van der Waals surface area contributed by atoms with Crippen molar-refractivity contribution in [1.29, 1.82) is 0 Å². The van der Waals surface area contributed by atoms with Gasteiger partial charge in [-0.1, -0.05) is 23.8 Å². The van der Waals surface area contributed by atoms with Crippen molar-refractivity contribution in [2.24, 2.45) is 0 Å². The molecule has 6 heteroatoms. The van der Waals surface area contributed by atoms with Crippen molar-refractivity contribution >= 4 is 17.7 Å². The normalized spacial score (nSPS) is 11.0. The van der Waals surface area contributed by atoms with Crippen LogP contribution in [0, 0.1) is 0 Å². The molecule has 0 radical (unpaired) electrons. The summed E-state index contributed by atoms with van der Waals surface area (Å²) in [5.41, 5.74) is 0.722. The Morgan fingerprint density at radius 3 is 2.62 bits per heavy atom. The van der Waals surface area contributed by atoms with Gasteiger partial charge in [-0.15, -0.1) is 6.58 Å². The summed E-state index contributed by atoms with van der Waals surface area (Å²) >= 11 is 6.03. The third kappa shape index (κ3) is 7.11. The molecule has 2 rings (SSSR count). The summed E-state index contributed by atoms with van der Waals surface area (Å²) in [5.74, 6) is 1.53. The molecule has 156 valence electrons. The molecule has 1 aromatic heterocycles. The largest absolute Gasteiger partial charge is 0.493 e. The van der Waals surface area contributed by atoms with Crippen LogP contribution in [0.3, 0.4) is 0 Å². The van der Waals surface area contributed by atoms with Crippen molar-refractivity contribution < 1.29 is 19.0 Å². The number of rotatable bonds is 12. The number of aliphatic hydroxyl groups excluding tert-OH is 1. The van der Waals surface area contributed by atoms with Crippen LogP contribution in [0.2, 0.25) is 5.02 Å². The molecule has 1 heterocycles. The van der Waals surface area contributed by atoms with Crippen LogP contribution in [0.15, 0.2) is 52.2 Å². The molecule has 0 aliphatic rings. The minimum absolute atomic E-state index is 0.173. The smallest absolute Gasteiger partial charge is 0.227 e. The van der Waals surface area contributed by atoms with E-state index in [2.05, 4.69) is 6.58 Å². The maximum Gasteiger partial charge on any atom is 0.227 e. The Bertz CT molecular complexity index is 885. The van der Waals surface area contributed by atoms with E-state index in [1.54, 1.807) is 12.2 Å². The lowest BCUT2D eigenvalue weighted by Gasteiger charge is -2.11. The number of hydrogen-bond donors (Lipinski definition) is 1. The number of allylic oxidation sites excluding steroid dienone is 2. The zero-order chi connectivity index (χ0) is 21.1. The number of unbranched alkanes of at least 4 members (excludes halogenated alkanes) is 2. The van der Waals surface area contributed by atoms with Crippen LogP contribution in [-0.2, 0) is 13.0 Å². The Labute approximate surface area is 176 Å². The number of aliphatic hydroxyl groups is 1. The van der Waals surface area contributed by atoms with E-state index < -0.39 is 0 Å². The summed E-state index contributed by atoms with van der Waals surface area (Å²) in [6.07, 6.45) is 8.46. The second kappa shape index (κ2) is 12.1. The van der Waals surface area contributed by atoms with Crippen LogP contribution in [0.4, 0.5) is 0 Å². The van der Waals surface area contributed by atoms with E-state index in [-0.39, 0.29) is 23.5 Å². The van der Waals surface area contributed by atoms with Gasteiger partial charge < -0.3 is 19.0 Å². The highest BCUT2D eigenvalue weighted by Gasteiger charge is 2.11. The molecule has 1 aromatic carbocycles. The average molecular weight is 419 g/mol. The van der Waals surface area contributed by atoms with Gasteiger partial charge in [0, 0.05) is 11.1 Å². The van der Waals surface area contributed by atoms with E-state index >= 15 is 0 Å². The van der Waals surface area contributed by atoms with Gasteiger partial charge in [0.15, 0.2) is 5.76 Å². The molecule has 5 nitrogen and oxygen atoms in total. The first kappa shape index (κ1) is 22.8. The molecule has 0 spiro atoms. The molecule has 0 saturated heterocycles. The molecule has 0 fully saturated rings. The minimum atomic E-state index is -0.331. The summed E-state index contributed by atoms with van der Waals surface area (Å²) < 4.78 is 17.0. The van der Waals surface area contributed by atoms with Crippen molar-refractivity contribution in [3.05, 3.63) is 75.3 Å². The standard InChI is InChI=1S/C23H27ClO5/c1-3-8-17-14-18(24)10-11-21(17)27-12-6-5-7-13-28-23-20(26)15-19(16-25)29-22(23)9-4-2/h3-4,9-11,14-15,25H,1,5-8,12-13,16H2,2H3/b9-4+. The molecule has 0 aliphatic heterocycles. The third-order valence-electron chi connectivity index (χ3n) is 4.13. The van der Waals surface area contributed by atoms with Gasteiger partial charge in [0.05, 0.1) is 13.2 Å². The van der Waals surface area contributed by atoms with Gasteiger partial charge in [-0.3, -0.25) is 4.79 Å². The predicted octanol–water partition coefficient (Wildman–Crippen LogP) is 5.18. The van der Waals surface area contributed by atoms with E-state index in [1.807, 2.05) is 31.2 Å². The molecule has 0 saturated carbocycles. The number of ether oxygens (including phenoxy) is 2. The van der Waals surface area contributed by atoms with Crippen molar-refractivity contribution in [2.75, 3.05) is 13.2 Å². The number of benzene rings is 1. The first-order valence-electron chi connectivity index (χ1n) is 9.64. The van der Waals surface area contributed by atoms with Crippen molar-refractivity contribution in [3.8, 4) is 11.5 Å². The predicted molar refractivity (Wildman–Crippen MR) is 116 cm³/mol. The highest BCUT2D eigenvalue weighted by Crippen LogP contribution is 2.24. The molecule has 0 unspecified atom stereocenters. The SMILES string of the molecule is C=CCc1cc(Cl)ccc1OCCCCCOc1c(/C=C/C)oc(CO)cc1=O. The molecule has 0 atom stereocenters. The van der Waals surface area contributed by atoms with Gasteiger partial charge in [0.2, 0.25) is 11.2 Å². The molecule has 0 bridgehead atoms.